The van der Waals surface area contributed by atoms with Gasteiger partial charge in [-0.1, -0.05) is 52.3 Å². The number of nitrogens with zero attached hydrogens (tertiary/aromatic N) is 2. The van der Waals surface area contributed by atoms with E-state index in [0.29, 0.717) is 5.69 Å². The Balaban J connectivity index is 1.51. The highest BCUT2D eigenvalue weighted by atomic mass is 79.9. The van der Waals surface area contributed by atoms with Gasteiger partial charge in [-0.3, -0.25) is 14.4 Å². The summed E-state index contributed by atoms with van der Waals surface area (Å²) in [7, 11) is 0. The molecule has 3 atom stereocenters. The second-order valence-electron chi connectivity index (χ2n) is 8.36. The molecule has 0 saturated carbocycles. The molecule has 2 saturated heterocycles. The maximum absolute atomic E-state index is 13.8. The fourth-order valence-corrected chi connectivity index (χ4v) is 5.29. The van der Waals surface area contributed by atoms with E-state index in [1.54, 1.807) is 17.2 Å². The van der Waals surface area contributed by atoms with Gasteiger partial charge in [-0.05, 0) is 49.4 Å². The van der Waals surface area contributed by atoms with Crippen molar-refractivity contribution >= 4 is 50.0 Å². The van der Waals surface area contributed by atoms with Crippen molar-refractivity contribution in [2.45, 2.75) is 19.1 Å². The second kappa shape index (κ2) is 7.57. The van der Waals surface area contributed by atoms with Crippen LogP contribution in [0.2, 0.25) is 0 Å². The van der Waals surface area contributed by atoms with E-state index in [4.69, 9.17) is 4.84 Å². The van der Waals surface area contributed by atoms with Crippen molar-refractivity contribution in [3.63, 3.8) is 0 Å². The molecular formula is C26H20BrN3O3. The Kier molecular flexibility index (Phi) is 4.64. The summed E-state index contributed by atoms with van der Waals surface area (Å²) in [6.07, 6.45) is -0.889. The molecule has 0 spiro atoms. The molecule has 2 amide bonds. The van der Waals surface area contributed by atoms with Crippen molar-refractivity contribution in [2.24, 2.45) is 5.92 Å². The minimum atomic E-state index is -0.889. The summed E-state index contributed by atoms with van der Waals surface area (Å²) < 4.78 is 0.879. The lowest BCUT2D eigenvalue weighted by Gasteiger charge is -2.29. The first-order chi connectivity index (χ1) is 16.0. The predicted octanol–water partition coefficient (Wildman–Crippen LogP) is 5.29. The SMILES string of the molecule is Cc1[nH]c2ccccc2c1[C@H]1[C@@H]2C(=O)N(c3ccc(Br)cc3)C(=O)[C@H]2ON1c1ccccc1. The van der Waals surface area contributed by atoms with Crippen LogP contribution in [0.25, 0.3) is 10.9 Å². The quantitative estimate of drug-likeness (QED) is 0.387. The molecule has 3 heterocycles. The maximum atomic E-state index is 13.8. The fraction of sp³-hybridized carbons (Fsp3) is 0.154. The number of hydroxylamine groups is 1. The van der Waals surface area contributed by atoms with Crippen LogP contribution >= 0.6 is 15.9 Å². The van der Waals surface area contributed by atoms with Crippen LogP contribution < -0.4 is 9.96 Å². The van der Waals surface area contributed by atoms with E-state index >= 15 is 0 Å². The molecule has 0 radical (unpaired) electrons. The third-order valence-electron chi connectivity index (χ3n) is 6.45. The molecule has 6 rings (SSSR count). The van der Waals surface area contributed by atoms with E-state index in [2.05, 4.69) is 20.9 Å². The molecule has 7 heteroatoms. The van der Waals surface area contributed by atoms with Gasteiger partial charge in [0.05, 0.1) is 17.4 Å². The molecule has 0 unspecified atom stereocenters. The molecule has 6 nitrogen and oxygen atoms in total. The van der Waals surface area contributed by atoms with Gasteiger partial charge in [0.15, 0.2) is 6.10 Å². The lowest BCUT2D eigenvalue weighted by Crippen LogP contribution is -2.37. The molecule has 0 bridgehead atoms. The van der Waals surface area contributed by atoms with E-state index in [0.717, 1.165) is 32.3 Å². The minimum absolute atomic E-state index is 0.250. The molecule has 33 heavy (non-hydrogen) atoms. The van der Waals surface area contributed by atoms with Crippen molar-refractivity contribution in [2.75, 3.05) is 9.96 Å². The van der Waals surface area contributed by atoms with Crippen molar-refractivity contribution in [3.05, 3.63) is 94.6 Å². The zero-order valence-corrected chi connectivity index (χ0v) is 19.3. The number of imide groups is 1. The van der Waals surface area contributed by atoms with Crippen LogP contribution in [0.15, 0.2) is 83.3 Å². The average molecular weight is 502 g/mol. The second-order valence-corrected chi connectivity index (χ2v) is 9.27. The van der Waals surface area contributed by atoms with Gasteiger partial charge in [0.1, 0.15) is 5.92 Å². The number of hydrogen-bond acceptors (Lipinski definition) is 4. The number of hydrogen-bond donors (Lipinski definition) is 1. The Morgan fingerprint density at radius 1 is 0.848 bits per heavy atom. The molecule has 164 valence electrons. The monoisotopic (exact) mass is 501 g/mol. The maximum Gasteiger partial charge on any atom is 0.266 e. The van der Waals surface area contributed by atoms with Gasteiger partial charge in [0.25, 0.3) is 5.91 Å². The third-order valence-corrected chi connectivity index (χ3v) is 6.98. The molecular weight excluding hydrogens is 482 g/mol. The number of benzene rings is 3. The molecule has 2 aliphatic rings. The molecule has 1 N–H and O–H groups in total. The van der Waals surface area contributed by atoms with Crippen LogP contribution in [0.4, 0.5) is 11.4 Å². The topological polar surface area (TPSA) is 65.6 Å². The fourth-order valence-electron chi connectivity index (χ4n) is 5.03. The molecule has 2 fully saturated rings. The number of H-pyrrole nitrogens is 1. The number of amides is 2. The summed E-state index contributed by atoms with van der Waals surface area (Å²) in [4.78, 5) is 38.2. The van der Waals surface area contributed by atoms with Gasteiger partial charge in [-0.15, -0.1) is 0 Å². The van der Waals surface area contributed by atoms with Crippen LogP contribution in [0.5, 0.6) is 0 Å². The Bertz CT molecular complexity index is 1380. The summed E-state index contributed by atoms with van der Waals surface area (Å²) >= 11 is 3.41. The van der Waals surface area contributed by atoms with Crippen LogP contribution in [0, 0.1) is 12.8 Å². The number of aryl methyl sites for hydroxylation is 1. The number of aromatic nitrogens is 1. The van der Waals surface area contributed by atoms with Gasteiger partial charge >= 0.3 is 0 Å². The number of nitrogens with one attached hydrogen (secondary N) is 1. The summed E-state index contributed by atoms with van der Waals surface area (Å²) in [5, 5.41) is 2.76. The van der Waals surface area contributed by atoms with Crippen molar-refractivity contribution in [1.82, 2.24) is 4.98 Å². The number of carbonyl (C=O) groups excluding carboxylic acids is 2. The van der Waals surface area contributed by atoms with Gasteiger partial charge in [0, 0.05) is 26.6 Å². The van der Waals surface area contributed by atoms with E-state index in [9.17, 15) is 9.59 Å². The van der Waals surface area contributed by atoms with Crippen molar-refractivity contribution in [1.29, 1.82) is 0 Å². The van der Waals surface area contributed by atoms with Crippen molar-refractivity contribution in [3.8, 4) is 0 Å². The number of para-hydroxylation sites is 2. The zero-order valence-electron chi connectivity index (χ0n) is 17.7. The van der Waals surface area contributed by atoms with Gasteiger partial charge < -0.3 is 4.98 Å². The minimum Gasteiger partial charge on any atom is -0.358 e. The number of halogens is 1. The van der Waals surface area contributed by atoms with E-state index < -0.39 is 18.1 Å². The summed E-state index contributed by atoms with van der Waals surface area (Å²) in [5.74, 6) is -1.26. The number of fused-ring (bicyclic) bond motifs is 2. The van der Waals surface area contributed by atoms with Crippen LogP contribution in [-0.4, -0.2) is 22.9 Å². The van der Waals surface area contributed by atoms with E-state index in [1.165, 1.54) is 4.90 Å². The smallest absolute Gasteiger partial charge is 0.266 e. The molecule has 1 aromatic heterocycles. The van der Waals surface area contributed by atoms with Crippen LogP contribution in [-0.2, 0) is 14.4 Å². The molecule has 4 aromatic rings. The highest BCUT2D eigenvalue weighted by molar-refractivity contribution is 9.10. The zero-order chi connectivity index (χ0) is 22.7. The highest BCUT2D eigenvalue weighted by Crippen LogP contribution is 2.49. The summed E-state index contributed by atoms with van der Waals surface area (Å²) in [6, 6.07) is 24.4. The standard InChI is InChI=1S/C26H20BrN3O3/c1-15-21(19-9-5-6-10-20(19)28-15)23-22-24(33-30(23)18-7-3-2-4-8-18)26(32)29(25(22)31)17-13-11-16(27)12-14-17/h2-14,22-24,28H,1H3/t22-,23-,24-/m0/s1. The first-order valence-electron chi connectivity index (χ1n) is 10.8. The Morgan fingerprint density at radius 3 is 2.30 bits per heavy atom. The summed E-state index contributed by atoms with van der Waals surface area (Å²) in [5.41, 5.74) is 4.27. The van der Waals surface area contributed by atoms with E-state index in [1.807, 2.05) is 73.7 Å². The van der Waals surface area contributed by atoms with Gasteiger partial charge in [-0.25, -0.2) is 9.96 Å². The first kappa shape index (κ1) is 20.2. The average Bonchev–Trinajstić information content (AvgIpc) is 3.44. The normalized spacial score (nSPS) is 22.4. The Hall–Kier alpha value is -3.42. The molecule has 2 aliphatic heterocycles. The van der Waals surface area contributed by atoms with Gasteiger partial charge in [0.2, 0.25) is 5.91 Å². The van der Waals surface area contributed by atoms with Crippen LogP contribution in [0.1, 0.15) is 17.3 Å². The summed E-state index contributed by atoms with van der Waals surface area (Å²) in [6.45, 7) is 2.00. The number of rotatable bonds is 3. The lowest BCUT2D eigenvalue weighted by molar-refractivity contribution is -0.126. The van der Waals surface area contributed by atoms with E-state index in [-0.39, 0.29) is 11.8 Å². The largest absolute Gasteiger partial charge is 0.358 e. The van der Waals surface area contributed by atoms with Crippen LogP contribution in [0.3, 0.4) is 0 Å². The number of anilines is 2. The third kappa shape index (κ3) is 3.03. The first-order valence-corrected chi connectivity index (χ1v) is 11.6. The Labute approximate surface area is 198 Å². The van der Waals surface area contributed by atoms with Crippen molar-refractivity contribution < 1.29 is 14.4 Å². The van der Waals surface area contributed by atoms with Gasteiger partial charge in [-0.2, -0.15) is 0 Å². The highest BCUT2D eigenvalue weighted by Gasteiger charge is 2.60. The molecule has 3 aromatic carbocycles. The molecule has 0 aliphatic carbocycles. The number of aromatic amines is 1. The predicted molar refractivity (Wildman–Crippen MR) is 130 cm³/mol. The number of carbonyl (C=O) groups is 2. The lowest BCUT2D eigenvalue weighted by atomic mass is 9.89. The Morgan fingerprint density at radius 2 is 1.55 bits per heavy atom.